The fraction of sp³-hybridized carbons (Fsp3) is 0.364. The monoisotopic (exact) mass is 239 g/mol. The average Bonchev–Trinajstić information content (AvgIpc) is 2.74. The third kappa shape index (κ3) is 2.41. The van der Waals surface area contributed by atoms with E-state index in [0.717, 1.165) is 17.9 Å². The van der Waals surface area contributed by atoms with E-state index in [1.165, 1.54) is 18.2 Å². The minimum absolute atomic E-state index is 0.0243. The summed E-state index contributed by atoms with van der Waals surface area (Å²) in [7, 11) is 0. The predicted molar refractivity (Wildman–Crippen MR) is 63.0 cm³/mol. The number of hydrogen-bond donors (Lipinski definition) is 3. The van der Waals surface area contributed by atoms with Gasteiger partial charge in [0.15, 0.2) is 0 Å². The molecule has 2 rings (SSSR count). The van der Waals surface area contributed by atoms with Gasteiger partial charge in [-0.1, -0.05) is 0 Å². The summed E-state index contributed by atoms with van der Waals surface area (Å²) in [4.78, 5) is 11.8. The average molecular weight is 239 g/mol. The van der Waals surface area contributed by atoms with Gasteiger partial charge in [0.1, 0.15) is 11.5 Å². The van der Waals surface area contributed by atoms with E-state index >= 15 is 0 Å². The van der Waals surface area contributed by atoms with Crippen molar-refractivity contribution >= 4 is 17.7 Å². The number of rotatable bonds is 2. The molecule has 1 heterocycles. The Bertz CT molecular complexity index is 402. The molecule has 0 aliphatic carbocycles. The van der Waals surface area contributed by atoms with Crippen molar-refractivity contribution in [3.63, 3.8) is 0 Å². The normalized spacial score (nSPS) is 19.6. The van der Waals surface area contributed by atoms with E-state index in [0.29, 0.717) is 0 Å². The van der Waals surface area contributed by atoms with Crippen LogP contribution in [-0.2, 0) is 0 Å². The number of phenolic OH excluding ortho intramolecular Hbond substituents is 2. The first-order valence-electron chi connectivity index (χ1n) is 5.07. The zero-order valence-corrected chi connectivity index (χ0v) is 9.46. The number of phenols is 2. The van der Waals surface area contributed by atoms with Crippen molar-refractivity contribution in [2.24, 2.45) is 0 Å². The second kappa shape index (κ2) is 4.65. The molecule has 1 aromatic rings. The number of amides is 1. The second-order valence-corrected chi connectivity index (χ2v) is 4.89. The summed E-state index contributed by atoms with van der Waals surface area (Å²) in [5.74, 6) is 1.49. The van der Waals surface area contributed by atoms with Gasteiger partial charge in [-0.25, -0.2) is 0 Å². The van der Waals surface area contributed by atoms with E-state index in [9.17, 15) is 15.0 Å². The molecule has 1 aromatic carbocycles. The Balaban J connectivity index is 2.10. The van der Waals surface area contributed by atoms with Gasteiger partial charge >= 0.3 is 0 Å². The number of carbonyl (C=O) groups is 1. The summed E-state index contributed by atoms with van der Waals surface area (Å²) < 4.78 is 0. The molecule has 86 valence electrons. The number of benzene rings is 1. The molecule has 1 aliphatic rings. The Kier molecular flexibility index (Phi) is 3.24. The highest BCUT2D eigenvalue weighted by Crippen LogP contribution is 2.23. The standard InChI is InChI=1S/C11H13NO3S/c13-8-1-2-10(14)9(5-8)11(15)12-7-3-4-16-6-7/h1-2,5,7,13-14H,3-4,6H2,(H,12,15). The molecular formula is C11H13NO3S. The maximum atomic E-state index is 11.8. The minimum atomic E-state index is -0.332. The first kappa shape index (κ1) is 11.1. The fourth-order valence-corrected chi connectivity index (χ4v) is 2.77. The van der Waals surface area contributed by atoms with Gasteiger partial charge in [-0.05, 0) is 30.4 Å². The second-order valence-electron chi connectivity index (χ2n) is 3.74. The van der Waals surface area contributed by atoms with Crippen LogP contribution in [0, 0.1) is 0 Å². The summed E-state index contributed by atoms with van der Waals surface area (Å²) in [6.07, 6.45) is 0.954. The lowest BCUT2D eigenvalue weighted by atomic mass is 10.1. The molecule has 0 aromatic heterocycles. The SMILES string of the molecule is O=C(NC1CCSC1)c1cc(O)ccc1O. The molecule has 1 unspecified atom stereocenters. The number of hydrogen-bond acceptors (Lipinski definition) is 4. The smallest absolute Gasteiger partial charge is 0.255 e. The van der Waals surface area contributed by atoms with Crippen molar-refractivity contribution in [2.45, 2.75) is 12.5 Å². The Morgan fingerprint density at radius 2 is 2.25 bits per heavy atom. The summed E-state index contributed by atoms with van der Waals surface area (Å²) in [6, 6.07) is 4.09. The van der Waals surface area contributed by atoms with Crippen LogP contribution in [0.25, 0.3) is 0 Å². The van der Waals surface area contributed by atoms with Crippen LogP contribution >= 0.6 is 11.8 Å². The first-order valence-corrected chi connectivity index (χ1v) is 6.23. The van der Waals surface area contributed by atoms with E-state index < -0.39 is 0 Å². The maximum Gasteiger partial charge on any atom is 0.255 e. The molecule has 0 saturated carbocycles. The van der Waals surface area contributed by atoms with Crippen LogP contribution in [-0.4, -0.2) is 33.7 Å². The number of thioether (sulfide) groups is 1. The Morgan fingerprint density at radius 1 is 1.44 bits per heavy atom. The Hall–Kier alpha value is -1.36. The van der Waals surface area contributed by atoms with E-state index in [1.54, 1.807) is 11.8 Å². The van der Waals surface area contributed by atoms with E-state index in [2.05, 4.69) is 5.32 Å². The molecular weight excluding hydrogens is 226 g/mol. The van der Waals surface area contributed by atoms with Gasteiger partial charge < -0.3 is 15.5 Å². The van der Waals surface area contributed by atoms with Gasteiger partial charge in [-0.3, -0.25) is 4.79 Å². The first-order chi connectivity index (χ1) is 7.66. The lowest BCUT2D eigenvalue weighted by Gasteiger charge is -2.12. The van der Waals surface area contributed by atoms with Gasteiger partial charge in [0.25, 0.3) is 5.91 Å². The molecule has 0 spiro atoms. The maximum absolute atomic E-state index is 11.8. The van der Waals surface area contributed by atoms with Crippen molar-refractivity contribution in [2.75, 3.05) is 11.5 Å². The molecule has 5 heteroatoms. The van der Waals surface area contributed by atoms with Crippen molar-refractivity contribution in [1.29, 1.82) is 0 Å². The van der Waals surface area contributed by atoms with Crippen molar-refractivity contribution < 1.29 is 15.0 Å². The van der Waals surface area contributed by atoms with Crippen LogP contribution in [0.5, 0.6) is 11.5 Å². The molecule has 4 nitrogen and oxygen atoms in total. The van der Waals surface area contributed by atoms with Crippen molar-refractivity contribution in [1.82, 2.24) is 5.32 Å². The molecule has 1 atom stereocenters. The predicted octanol–water partition coefficient (Wildman–Crippen LogP) is 1.33. The highest BCUT2D eigenvalue weighted by molar-refractivity contribution is 7.99. The van der Waals surface area contributed by atoms with Crippen molar-refractivity contribution in [3.05, 3.63) is 23.8 Å². The minimum Gasteiger partial charge on any atom is -0.508 e. The zero-order valence-electron chi connectivity index (χ0n) is 8.64. The summed E-state index contributed by atoms with van der Waals surface area (Å²) >= 11 is 1.80. The molecule has 1 saturated heterocycles. The summed E-state index contributed by atoms with van der Waals surface area (Å²) in [5.41, 5.74) is 0.122. The van der Waals surface area contributed by atoms with Gasteiger partial charge in [-0.2, -0.15) is 11.8 Å². The van der Waals surface area contributed by atoms with Crippen LogP contribution in [0.3, 0.4) is 0 Å². The molecule has 3 N–H and O–H groups in total. The summed E-state index contributed by atoms with van der Waals surface area (Å²) in [5, 5.41) is 21.6. The summed E-state index contributed by atoms with van der Waals surface area (Å²) in [6.45, 7) is 0. The van der Waals surface area contributed by atoms with Crippen LogP contribution in [0.2, 0.25) is 0 Å². The Labute approximate surface area is 97.7 Å². The van der Waals surface area contributed by atoms with Crippen LogP contribution < -0.4 is 5.32 Å². The van der Waals surface area contributed by atoms with Crippen LogP contribution in [0.4, 0.5) is 0 Å². The molecule has 0 radical (unpaired) electrons. The lowest BCUT2D eigenvalue weighted by Crippen LogP contribution is -2.34. The fourth-order valence-electron chi connectivity index (χ4n) is 1.62. The molecule has 1 aliphatic heterocycles. The van der Waals surface area contributed by atoms with E-state index in [4.69, 9.17) is 0 Å². The van der Waals surface area contributed by atoms with Crippen molar-refractivity contribution in [3.8, 4) is 11.5 Å². The highest BCUT2D eigenvalue weighted by atomic mass is 32.2. The van der Waals surface area contributed by atoms with Crippen LogP contribution in [0.15, 0.2) is 18.2 Å². The van der Waals surface area contributed by atoms with Gasteiger partial charge in [-0.15, -0.1) is 0 Å². The van der Waals surface area contributed by atoms with E-state index in [1.807, 2.05) is 0 Å². The molecule has 1 fully saturated rings. The van der Waals surface area contributed by atoms with Crippen LogP contribution in [0.1, 0.15) is 16.8 Å². The quantitative estimate of drug-likeness (QED) is 0.681. The zero-order chi connectivity index (χ0) is 11.5. The van der Waals surface area contributed by atoms with Gasteiger partial charge in [0, 0.05) is 11.8 Å². The third-order valence-corrected chi connectivity index (χ3v) is 3.65. The topological polar surface area (TPSA) is 69.6 Å². The molecule has 0 bridgehead atoms. The number of carbonyl (C=O) groups excluding carboxylic acids is 1. The van der Waals surface area contributed by atoms with Gasteiger partial charge in [0.2, 0.25) is 0 Å². The van der Waals surface area contributed by atoms with E-state index in [-0.39, 0.29) is 29.0 Å². The van der Waals surface area contributed by atoms with Gasteiger partial charge in [0.05, 0.1) is 5.56 Å². The lowest BCUT2D eigenvalue weighted by molar-refractivity contribution is 0.0938. The third-order valence-electron chi connectivity index (χ3n) is 2.49. The largest absolute Gasteiger partial charge is 0.508 e. The highest BCUT2D eigenvalue weighted by Gasteiger charge is 2.20. The Morgan fingerprint density at radius 3 is 2.94 bits per heavy atom. The number of aromatic hydroxyl groups is 2. The number of nitrogens with one attached hydrogen (secondary N) is 1. The molecule has 1 amide bonds. The molecule has 16 heavy (non-hydrogen) atoms.